The number of hydrogen-bond donors (Lipinski definition) is 1. The maximum atomic E-state index is 14.0. The Morgan fingerprint density at radius 3 is 2.50 bits per heavy atom. The Morgan fingerprint density at radius 1 is 0.958 bits per heavy atom. The summed E-state index contributed by atoms with van der Waals surface area (Å²) in [7, 11) is 0. The summed E-state index contributed by atoms with van der Waals surface area (Å²) in [5, 5.41) is 0.491. The van der Waals surface area contributed by atoms with Gasteiger partial charge in [0.15, 0.2) is 0 Å². The molecule has 0 heterocycles. The van der Waals surface area contributed by atoms with E-state index in [0.717, 1.165) is 16.7 Å². The summed E-state index contributed by atoms with van der Waals surface area (Å²) >= 11 is 5.97. The molecule has 0 atom stereocenters. The SMILES string of the molecule is NCc1cc(-c2cc(Cl)ccc2F)ccc1OCc1ccccc1. The molecular weight excluding hydrogens is 325 g/mol. The molecule has 0 saturated carbocycles. The van der Waals surface area contributed by atoms with Gasteiger partial charge in [-0.2, -0.15) is 0 Å². The number of rotatable bonds is 5. The highest BCUT2D eigenvalue weighted by molar-refractivity contribution is 6.30. The fourth-order valence-corrected chi connectivity index (χ4v) is 2.67. The van der Waals surface area contributed by atoms with E-state index in [2.05, 4.69) is 0 Å². The fourth-order valence-electron chi connectivity index (χ4n) is 2.50. The van der Waals surface area contributed by atoms with Crippen LogP contribution in [0.2, 0.25) is 5.02 Å². The number of halogens is 2. The number of ether oxygens (including phenoxy) is 1. The predicted octanol–water partition coefficient (Wildman–Crippen LogP) is 5.18. The molecule has 0 fully saturated rings. The number of nitrogens with two attached hydrogens (primary N) is 1. The Bertz CT molecular complexity index is 836. The first-order chi connectivity index (χ1) is 11.7. The van der Waals surface area contributed by atoms with Crippen LogP contribution in [0.3, 0.4) is 0 Å². The molecule has 0 bridgehead atoms. The molecule has 4 heteroatoms. The summed E-state index contributed by atoms with van der Waals surface area (Å²) in [5.74, 6) is 0.382. The second-order valence-corrected chi connectivity index (χ2v) is 5.86. The van der Waals surface area contributed by atoms with E-state index in [0.29, 0.717) is 29.5 Å². The maximum Gasteiger partial charge on any atom is 0.131 e. The van der Waals surface area contributed by atoms with Crippen molar-refractivity contribution in [3.63, 3.8) is 0 Å². The topological polar surface area (TPSA) is 35.2 Å². The average molecular weight is 342 g/mol. The lowest BCUT2D eigenvalue weighted by molar-refractivity contribution is 0.303. The molecule has 0 spiro atoms. The summed E-state index contributed by atoms with van der Waals surface area (Å²) in [6.45, 7) is 0.763. The number of benzene rings is 3. The zero-order valence-electron chi connectivity index (χ0n) is 13.0. The van der Waals surface area contributed by atoms with Crippen LogP contribution in [0.1, 0.15) is 11.1 Å². The van der Waals surface area contributed by atoms with Crippen LogP contribution in [0.25, 0.3) is 11.1 Å². The summed E-state index contributed by atoms with van der Waals surface area (Å²) in [6, 6.07) is 19.9. The molecule has 0 aromatic heterocycles. The molecule has 0 unspecified atom stereocenters. The largest absolute Gasteiger partial charge is 0.489 e. The normalized spacial score (nSPS) is 10.6. The summed E-state index contributed by atoms with van der Waals surface area (Å²) in [4.78, 5) is 0. The molecule has 2 N–H and O–H groups in total. The van der Waals surface area contributed by atoms with Gasteiger partial charge in [0.1, 0.15) is 18.2 Å². The molecule has 0 radical (unpaired) electrons. The van der Waals surface area contributed by atoms with Gasteiger partial charge in [-0.1, -0.05) is 48.0 Å². The molecule has 2 nitrogen and oxygen atoms in total. The van der Waals surface area contributed by atoms with E-state index < -0.39 is 0 Å². The first kappa shape index (κ1) is 16.5. The van der Waals surface area contributed by atoms with Crippen LogP contribution in [0, 0.1) is 5.82 Å². The van der Waals surface area contributed by atoms with Crippen LogP contribution in [-0.2, 0) is 13.2 Å². The van der Waals surface area contributed by atoms with Crippen molar-refractivity contribution < 1.29 is 9.13 Å². The highest BCUT2D eigenvalue weighted by Crippen LogP contribution is 2.30. The van der Waals surface area contributed by atoms with Crippen molar-refractivity contribution in [3.05, 3.63) is 88.7 Å². The van der Waals surface area contributed by atoms with Gasteiger partial charge in [0.25, 0.3) is 0 Å². The minimum absolute atomic E-state index is 0.306. The van der Waals surface area contributed by atoms with Gasteiger partial charge >= 0.3 is 0 Å². The molecule has 3 aromatic carbocycles. The van der Waals surface area contributed by atoms with Gasteiger partial charge in [-0.05, 0) is 41.5 Å². The smallest absolute Gasteiger partial charge is 0.131 e. The van der Waals surface area contributed by atoms with E-state index in [1.165, 1.54) is 12.1 Å². The summed E-state index contributed by atoms with van der Waals surface area (Å²) < 4.78 is 19.9. The average Bonchev–Trinajstić information content (AvgIpc) is 2.62. The van der Waals surface area contributed by atoms with Gasteiger partial charge in [-0.25, -0.2) is 4.39 Å². The molecule has 24 heavy (non-hydrogen) atoms. The Balaban J connectivity index is 1.86. The van der Waals surface area contributed by atoms with E-state index in [9.17, 15) is 4.39 Å². The van der Waals surface area contributed by atoms with Crippen LogP contribution in [0.5, 0.6) is 5.75 Å². The molecule has 0 saturated heterocycles. The monoisotopic (exact) mass is 341 g/mol. The Kier molecular flexibility index (Phi) is 5.14. The van der Waals surface area contributed by atoms with Gasteiger partial charge in [0.05, 0.1) is 0 Å². The van der Waals surface area contributed by atoms with Crippen LogP contribution in [-0.4, -0.2) is 0 Å². The van der Waals surface area contributed by atoms with Crippen molar-refractivity contribution in [1.29, 1.82) is 0 Å². The lowest BCUT2D eigenvalue weighted by Gasteiger charge is -2.13. The van der Waals surface area contributed by atoms with E-state index in [1.807, 2.05) is 48.5 Å². The highest BCUT2D eigenvalue weighted by Gasteiger charge is 2.10. The third kappa shape index (κ3) is 3.75. The summed E-state index contributed by atoms with van der Waals surface area (Å²) in [6.07, 6.45) is 0. The second-order valence-electron chi connectivity index (χ2n) is 5.43. The van der Waals surface area contributed by atoms with Crippen LogP contribution >= 0.6 is 11.6 Å². The molecule has 3 rings (SSSR count). The quantitative estimate of drug-likeness (QED) is 0.693. The molecule has 0 aliphatic rings. The molecule has 0 aliphatic carbocycles. The van der Waals surface area contributed by atoms with E-state index >= 15 is 0 Å². The fraction of sp³-hybridized carbons (Fsp3) is 0.100. The van der Waals surface area contributed by atoms with Gasteiger partial charge in [-0.3, -0.25) is 0 Å². The molecular formula is C20H17ClFNO. The zero-order valence-corrected chi connectivity index (χ0v) is 13.8. The Hall–Kier alpha value is -2.36. The molecule has 0 amide bonds. The van der Waals surface area contributed by atoms with Crippen LogP contribution < -0.4 is 10.5 Å². The predicted molar refractivity (Wildman–Crippen MR) is 95.5 cm³/mol. The first-order valence-electron chi connectivity index (χ1n) is 7.62. The lowest BCUT2D eigenvalue weighted by Crippen LogP contribution is -2.03. The van der Waals surface area contributed by atoms with E-state index in [-0.39, 0.29) is 5.82 Å². The minimum atomic E-state index is -0.319. The minimum Gasteiger partial charge on any atom is -0.489 e. The number of hydrogen-bond acceptors (Lipinski definition) is 2. The van der Waals surface area contributed by atoms with Gasteiger partial charge < -0.3 is 10.5 Å². The maximum absolute atomic E-state index is 14.0. The van der Waals surface area contributed by atoms with E-state index in [4.69, 9.17) is 22.1 Å². The molecule has 3 aromatic rings. The first-order valence-corrected chi connectivity index (χ1v) is 8.00. The van der Waals surface area contributed by atoms with Gasteiger partial charge in [0.2, 0.25) is 0 Å². The molecule has 122 valence electrons. The van der Waals surface area contributed by atoms with Gasteiger partial charge in [0, 0.05) is 22.7 Å². The van der Waals surface area contributed by atoms with Crippen molar-refractivity contribution in [2.45, 2.75) is 13.2 Å². The van der Waals surface area contributed by atoms with Crippen LogP contribution in [0.15, 0.2) is 66.7 Å². The van der Waals surface area contributed by atoms with Crippen LogP contribution in [0.4, 0.5) is 4.39 Å². The summed E-state index contributed by atoms with van der Waals surface area (Å²) in [5.41, 5.74) is 8.91. The van der Waals surface area contributed by atoms with Crippen molar-refractivity contribution in [2.75, 3.05) is 0 Å². The Labute approximate surface area is 145 Å². The van der Waals surface area contributed by atoms with Crippen molar-refractivity contribution in [2.24, 2.45) is 5.73 Å². The second kappa shape index (κ2) is 7.47. The van der Waals surface area contributed by atoms with E-state index in [1.54, 1.807) is 6.07 Å². The van der Waals surface area contributed by atoms with Crippen molar-refractivity contribution in [3.8, 4) is 16.9 Å². The van der Waals surface area contributed by atoms with Gasteiger partial charge in [-0.15, -0.1) is 0 Å². The third-order valence-electron chi connectivity index (χ3n) is 3.76. The zero-order chi connectivity index (χ0) is 16.9. The third-order valence-corrected chi connectivity index (χ3v) is 3.99. The van der Waals surface area contributed by atoms with Crippen molar-refractivity contribution in [1.82, 2.24) is 0 Å². The standard InChI is InChI=1S/C20H17ClFNO/c21-17-7-8-19(22)18(11-17)15-6-9-20(16(10-15)12-23)24-13-14-4-2-1-3-5-14/h1-11H,12-13,23H2. The van der Waals surface area contributed by atoms with Crippen molar-refractivity contribution >= 4 is 11.6 Å². The highest BCUT2D eigenvalue weighted by atomic mass is 35.5. The Morgan fingerprint density at radius 2 is 1.75 bits per heavy atom. The molecule has 0 aliphatic heterocycles. The lowest BCUT2D eigenvalue weighted by atomic mass is 10.0.